The molecule has 0 amide bonds. The summed E-state index contributed by atoms with van der Waals surface area (Å²) in [7, 11) is 0. The van der Waals surface area contributed by atoms with Crippen molar-refractivity contribution in [3.05, 3.63) is 59.9 Å². The first-order valence-electron chi connectivity index (χ1n) is 9.72. The van der Waals surface area contributed by atoms with Gasteiger partial charge >= 0.3 is 0 Å². The van der Waals surface area contributed by atoms with Crippen molar-refractivity contribution < 1.29 is 13.9 Å². The van der Waals surface area contributed by atoms with E-state index < -0.39 is 0 Å². The normalized spacial score (nSPS) is 14.6. The SMILES string of the molecule is CCOc1ccc(C(=O)[C@H](C)Sc2nnc(-c3ccccc3F)n2C2CC2)cc1. The molecule has 0 spiro atoms. The van der Waals surface area contributed by atoms with Crippen molar-refractivity contribution in [3.8, 4) is 17.1 Å². The zero-order valence-electron chi connectivity index (χ0n) is 16.3. The molecule has 1 aromatic heterocycles. The van der Waals surface area contributed by atoms with Crippen LogP contribution in [0.1, 0.15) is 43.1 Å². The number of ether oxygens (including phenoxy) is 1. The number of benzene rings is 2. The number of ketones is 1. The fourth-order valence-electron chi connectivity index (χ4n) is 3.17. The molecule has 7 heteroatoms. The van der Waals surface area contributed by atoms with Crippen molar-refractivity contribution in [2.24, 2.45) is 0 Å². The average molecular weight is 412 g/mol. The predicted molar refractivity (Wildman–Crippen MR) is 111 cm³/mol. The Labute approximate surface area is 173 Å². The number of hydrogen-bond donors (Lipinski definition) is 0. The minimum Gasteiger partial charge on any atom is -0.494 e. The van der Waals surface area contributed by atoms with Crippen molar-refractivity contribution in [3.63, 3.8) is 0 Å². The third kappa shape index (κ3) is 4.19. The number of aromatic nitrogens is 3. The Balaban J connectivity index is 1.56. The number of thioether (sulfide) groups is 1. The maximum Gasteiger partial charge on any atom is 0.192 e. The molecule has 1 aliphatic carbocycles. The van der Waals surface area contributed by atoms with Gasteiger partial charge in [-0.15, -0.1) is 10.2 Å². The third-order valence-electron chi connectivity index (χ3n) is 4.79. The van der Waals surface area contributed by atoms with Gasteiger partial charge in [0.15, 0.2) is 16.8 Å². The Bertz CT molecular complexity index is 1020. The molecule has 1 saturated carbocycles. The number of Topliss-reactive ketones (excluding diaryl/α,β-unsaturated/α-hetero) is 1. The molecule has 1 fully saturated rings. The molecule has 0 saturated heterocycles. The van der Waals surface area contributed by atoms with Crippen LogP contribution in [-0.2, 0) is 0 Å². The molecule has 1 aliphatic rings. The molecule has 1 heterocycles. The van der Waals surface area contributed by atoms with E-state index in [1.807, 2.05) is 18.4 Å². The molecule has 0 bridgehead atoms. The number of halogens is 1. The van der Waals surface area contributed by atoms with E-state index in [0.29, 0.717) is 28.7 Å². The number of rotatable bonds is 8. The molecule has 3 aromatic rings. The number of carbonyl (C=O) groups excluding carboxylic acids is 1. The van der Waals surface area contributed by atoms with E-state index in [1.54, 1.807) is 42.5 Å². The van der Waals surface area contributed by atoms with Gasteiger partial charge in [-0.1, -0.05) is 23.9 Å². The van der Waals surface area contributed by atoms with Crippen LogP contribution in [0.3, 0.4) is 0 Å². The second kappa shape index (κ2) is 8.37. The lowest BCUT2D eigenvalue weighted by molar-refractivity contribution is 0.0994. The summed E-state index contributed by atoms with van der Waals surface area (Å²) in [5.41, 5.74) is 1.06. The number of nitrogens with zero attached hydrogens (tertiary/aromatic N) is 3. The van der Waals surface area contributed by atoms with Gasteiger partial charge in [0.05, 0.1) is 17.4 Å². The predicted octanol–water partition coefficient (Wildman–Crippen LogP) is 5.18. The Morgan fingerprint density at radius 2 is 1.93 bits per heavy atom. The maximum atomic E-state index is 14.3. The first-order valence-corrected chi connectivity index (χ1v) is 10.6. The number of hydrogen-bond acceptors (Lipinski definition) is 5. The smallest absolute Gasteiger partial charge is 0.192 e. The highest BCUT2D eigenvalue weighted by atomic mass is 32.2. The van der Waals surface area contributed by atoms with Crippen LogP contribution in [0.4, 0.5) is 4.39 Å². The lowest BCUT2D eigenvalue weighted by atomic mass is 10.1. The summed E-state index contributed by atoms with van der Waals surface area (Å²) in [6.07, 6.45) is 2.02. The molecule has 5 nitrogen and oxygen atoms in total. The van der Waals surface area contributed by atoms with Crippen LogP contribution in [0.25, 0.3) is 11.4 Å². The Kier molecular flexibility index (Phi) is 5.67. The molecule has 0 radical (unpaired) electrons. The Hall–Kier alpha value is -2.67. The molecule has 150 valence electrons. The van der Waals surface area contributed by atoms with Gasteiger partial charge < -0.3 is 4.74 Å². The van der Waals surface area contributed by atoms with E-state index >= 15 is 0 Å². The maximum absolute atomic E-state index is 14.3. The summed E-state index contributed by atoms with van der Waals surface area (Å²) < 4.78 is 21.7. The number of carbonyl (C=O) groups is 1. The molecule has 4 rings (SSSR count). The van der Waals surface area contributed by atoms with Crippen LogP contribution in [0.15, 0.2) is 53.7 Å². The minimum absolute atomic E-state index is 0.0100. The monoisotopic (exact) mass is 411 g/mol. The van der Waals surface area contributed by atoms with Gasteiger partial charge in [-0.25, -0.2) is 4.39 Å². The van der Waals surface area contributed by atoms with Gasteiger partial charge in [-0.3, -0.25) is 9.36 Å². The van der Waals surface area contributed by atoms with Gasteiger partial charge in [0.1, 0.15) is 11.6 Å². The zero-order valence-corrected chi connectivity index (χ0v) is 17.2. The molecule has 1 atom stereocenters. The summed E-state index contributed by atoms with van der Waals surface area (Å²) in [6.45, 7) is 4.36. The van der Waals surface area contributed by atoms with E-state index in [9.17, 15) is 9.18 Å². The summed E-state index contributed by atoms with van der Waals surface area (Å²) in [5.74, 6) is 0.953. The highest BCUT2D eigenvalue weighted by molar-refractivity contribution is 8.00. The van der Waals surface area contributed by atoms with Gasteiger partial charge in [-0.05, 0) is 63.1 Å². The first kappa shape index (κ1) is 19.6. The fraction of sp³-hybridized carbons (Fsp3) is 0.318. The van der Waals surface area contributed by atoms with Gasteiger partial charge in [0.25, 0.3) is 0 Å². The van der Waals surface area contributed by atoms with Crippen molar-refractivity contribution in [1.29, 1.82) is 0 Å². The van der Waals surface area contributed by atoms with Crippen LogP contribution in [0.2, 0.25) is 0 Å². The van der Waals surface area contributed by atoms with Crippen molar-refractivity contribution >= 4 is 17.5 Å². The summed E-state index contributed by atoms with van der Waals surface area (Å²) >= 11 is 1.36. The fourth-order valence-corrected chi connectivity index (χ4v) is 4.17. The molecule has 29 heavy (non-hydrogen) atoms. The first-order chi connectivity index (χ1) is 14.1. The third-order valence-corrected chi connectivity index (χ3v) is 5.85. The Morgan fingerprint density at radius 3 is 2.59 bits per heavy atom. The summed E-state index contributed by atoms with van der Waals surface area (Å²) in [6, 6.07) is 14.0. The second-order valence-corrected chi connectivity index (χ2v) is 8.28. The quantitative estimate of drug-likeness (QED) is 0.378. The van der Waals surface area contributed by atoms with E-state index in [-0.39, 0.29) is 22.9 Å². The summed E-state index contributed by atoms with van der Waals surface area (Å²) in [4.78, 5) is 12.9. The molecule has 0 unspecified atom stereocenters. The topological polar surface area (TPSA) is 57.0 Å². The van der Waals surface area contributed by atoms with Crippen LogP contribution >= 0.6 is 11.8 Å². The molecule has 0 aliphatic heterocycles. The lowest BCUT2D eigenvalue weighted by Crippen LogP contribution is -2.14. The van der Waals surface area contributed by atoms with Crippen LogP contribution < -0.4 is 4.74 Å². The largest absolute Gasteiger partial charge is 0.494 e. The van der Waals surface area contributed by atoms with E-state index in [4.69, 9.17) is 4.74 Å². The van der Waals surface area contributed by atoms with Crippen molar-refractivity contribution in [2.75, 3.05) is 6.61 Å². The lowest BCUT2D eigenvalue weighted by Gasteiger charge is -2.13. The molecule has 0 N–H and O–H groups in total. The van der Waals surface area contributed by atoms with Gasteiger partial charge in [0.2, 0.25) is 0 Å². The van der Waals surface area contributed by atoms with E-state index in [2.05, 4.69) is 10.2 Å². The highest BCUT2D eigenvalue weighted by Gasteiger charge is 2.32. The highest BCUT2D eigenvalue weighted by Crippen LogP contribution is 2.42. The zero-order chi connectivity index (χ0) is 20.4. The molecule has 2 aromatic carbocycles. The van der Waals surface area contributed by atoms with Crippen molar-refractivity contribution in [2.45, 2.75) is 43.1 Å². The van der Waals surface area contributed by atoms with Crippen LogP contribution in [-0.4, -0.2) is 32.4 Å². The van der Waals surface area contributed by atoms with Gasteiger partial charge in [-0.2, -0.15) is 0 Å². The van der Waals surface area contributed by atoms with E-state index in [1.165, 1.54) is 17.8 Å². The molecular formula is C22H22FN3O2S. The van der Waals surface area contributed by atoms with Crippen molar-refractivity contribution in [1.82, 2.24) is 14.8 Å². The van der Waals surface area contributed by atoms with Gasteiger partial charge in [0, 0.05) is 11.6 Å². The Morgan fingerprint density at radius 1 is 1.21 bits per heavy atom. The molecular weight excluding hydrogens is 389 g/mol. The van der Waals surface area contributed by atoms with E-state index in [0.717, 1.165) is 18.6 Å². The standard InChI is InChI=1S/C22H22FN3O2S/c1-3-28-17-12-8-15(9-13-17)20(27)14(2)29-22-25-24-21(26(22)16-10-11-16)18-6-4-5-7-19(18)23/h4-9,12-14,16H,3,10-11H2,1-2H3/t14-/m0/s1. The minimum atomic E-state index is -0.344. The van der Waals surface area contributed by atoms with Crippen LogP contribution in [0, 0.1) is 5.82 Å². The average Bonchev–Trinajstić information content (AvgIpc) is 3.49. The second-order valence-electron chi connectivity index (χ2n) is 6.97. The van der Waals surface area contributed by atoms with Crippen LogP contribution in [0.5, 0.6) is 5.75 Å². The summed E-state index contributed by atoms with van der Waals surface area (Å²) in [5, 5.41) is 8.84.